The van der Waals surface area contributed by atoms with Gasteiger partial charge in [0.05, 0.1) is 23.3 Å². The number of rotatable bonds is 3. The zero-order valence-corrected chi connectivity index (χ0v) is 17.2. The molecule has 0 fully saturated rings. The van der Waals surface area contributed by atoms with Gasteiger partial charge in [0.25, 0.3) is 0 Å². The molecule has 0 aliphatic heterocycles. The van der Waals surface area contributed by atoms with E-state index in [0.29, 0.717) is 33.3 Å². The van der Waals surface area contributed by atoms with Gasteiger partial charge in [0.1, 0.15) is 11.3 Å². The van der Waals surface area contributed by atoms with Crippen molar-refractivity contribution in [1.82, 2.24) is 4.98 Å². The highest BCUT2D eigenvalue weighted by Gasteiger charge is 2.14. The van der Waals surface area contributed by atoms with Gasteiger partial charge in [-0.05, 0) is 36.4 Å². The van der Waals surface area contributed by atoms with Crippen molar-refractivity contribution in [1.29, 1.82) is 0 Å². The van der Waals surface area contributed by atoms with Crippen LogP contribution in [0.5, 0.6) is 5.75 Å². The third-order valence-electron chi connectivity index (χ3n) is 3.04. The Labute approximate surface area is 158 Å². The standard InChI is InChI=1S/C15H10ClNO4.C4H12Si/c1-20-9-3-4-10(11(16)7-9)14-17-12-5-2-8(15(18)19)6-13(12)21-14;1-5(2,3)4/h2-7H,1H3,(H,18,19);1-4H3. The molecule has 0 amide bonds. The van der Waals surface area contributed by atoms with Crippen LogP contribution in [0.2, 0.25) is 31.2 Å². The molecule has 3 rings (SSSR count). The molecule has 0 atom stereocenters. The fourth-order valence-electron chi connectivity index (χ4n) is 1.97. The summed E-state index contributed by atoms with van der Waals surface area (Å²) in [5.74, 6) is -0.0504. The fraction of sp³-hybridized carbons (Fsp3) is 0.263. The number of nitrogens with zero attached hydrogens (tertiary/aromatic N) is 1. The third kappa shape index (κ3) is 5.34. The Bertz CT molecular complexity index is 925. The minimum absolute atomic E-state index is 0.144. The van der Waals surface area contributed by atoms with Crippen LogP contribution in [0.3, 0.4) is 0 Å². The summed E-state index contributed by atoms with van der Waals surface area (Å²) in [4.78, 5) is 15.3. The van der Waals surface area contributed by atoms with Crippen molar-refractivity contribution in [3.05, 3.63) is 47.0 Å². The number of hydrogen-bond donors (Lipinski definition) is 1. The molecule has 3 aromatic rings. The number of oxazole rings is 1. The van der Waals surface area contributed by atoms with Crippen LogP contribution in [0.4, 0.5) is 0 Å². The number of carboxylic acid groups (broad SMARTS) is 1. The van der Waals surface area contributed by atoms with E-state index in [1.165, 1.54) is 12.1 Å². The van der Waals surface area contributed by atoms with E-state index in [9.17, 15) is 4.79 Å². The van der Waals surface area contributed by atoms with Crippen molar-refractivity contribution in [3.63, 3.8) is 0 Å². The molecular formula is C19H22ClNO4Si. The number of carboxylic acids is 1. The number of benzene rings is 2. The minimum atomic E-state index is -1.02. The van der Waals surface area contributed by atoms with Crippen LogP contribution >= 0.6 is 11.6 Å². The highest BCUT2D eigenvalue weighted by atomic mass is 35.5. The van der Waals surface area contributed by atoms with Gasteiger partial charge >= 0.3 is 5.97 Å². The van der Waals surface area contributed by atoms with Crippen LogP contribution in [-0.4, -0.2) is 31.2 Å². The zero-order chi connectivity index (χ0) is 19.5. The van der Waals surface area contributed by atoms with Crippen LogP contribution in [0, 0.1) is 0 Å². The summed E-state index contributed by atoms with van der Waals surface area (Å²) in [5, 5.41) is 9.42. The maximum Gasteiger partial charge on any atom is 0.335 e. The van der Waals surface area contributed by atoms with Gasteiger partial charge in [-0.25, -0.2) is 9.78 Å². The van der Waals surface area contributed by atoms with Crippen LogP contribution in [0.25, 0.3) is 22.6 Å². The van der Waals surface area contributed by atoms with E-state index in [-0.39, 0.29) is 5.56 Å². The maximum atomic E-state index is 10.9. The molecule has 0 aliphatic rings. The lowest BCUT2D eigenvalue weighted by molar-refractivity contribution is 0.0697. The monoisotopic (exact) mass is 391 g/mol. The highest BCUT2D eigenvalue weighted by Crippen LogP contribution is 2.32. The number of carbonyl (C=O) groups is 1. The van der Waals surface area contributed by atoms with E-state index in [0.717, 1.165) is 0 Å². The van der Waals surface area contributed by atoms with Crippen molar-refractivity contribution in [3.8, 4) is 17.2 Å². The van der Waals surface area contributed by atoms with Gasteiger partial charge in [-0.1, -0.05) is 37.8 Å². The summed E-state index contributed by atoms with van der Waals surface area (Å²) in [7, 11) is 0.943. The molecule has 0 spiro atoms. The van der Waals surface area contributed by atoms with Crippen molar-refractivity contribution < 1.29 is 19.1 Å². The van der Waals surface area contributed by atoms with Crippen molar-refractivity contribution >= 4 is 36.7 Å². The summed E-state index contributed by atoms with van der Waals surface area (Å²) in [5.41, 5.74) is 1.73. The van der Waals surface area contributed by atoms with Gasteiger partial charge in [-0.3, -0.25) is 0 Å². The lowest BCUT2D eigenvalue weighted by atomic mass is 10.2. The van der Waals surface area contributed by atoms with Gasteiger partial charge in [0.2, 0.25) is 5.89 Å². The first-order valence-corrected chi connectivity index (χ1v) is 12.4. The molecule has 0 saturated heterocycles. The number of ether oxygens (including phenoxy) is 1. The van der Waals surface area contributed by atoms with Crippen molar-refractivity contribution in [2.75, 3.05) is 7.11 Å². The highest BCUT2D eigenvalue weighted by molar-refractivity contribution is 6.74. The second-order valence-electron chi connectivity index (χ2n) is 7.35. The Balaban J connectivity index is 0.000000431. The molecule has 0 unspecified atom stereocenters. The Morgan fingerprint density at radius 3 is 2.35 bits per heavy atom. The largest absolute Gasteiger partial charge is 0.497 e. The third-order valence-corrected chi connectivity index (χ3v) is 3.35. The average Bonchev–Trinajstić information content (AvgIpc) is 2.95. The number of methoxy groups -OCH3 is 1. The first-order valence-electron chi connectivity index (χ1n) is 8.06. The normalized spacial score (nSPS) is 11.0. The molecule has 0 saturated carbocycles. The van der Waals surface area contributed by atoms with E-state index in [1.54, 1.807) is 31.4 Å². The average molecular weight is 392 g/mol. The second-order valence-corrected chi connectivity index (χ2v) is 13.8. The minimum Gasteiger partial charge on any atom is -0.497 e. The molecule has 2 aromatic carbocycles. The van der Waals surface area contributed by atoms with E-state index in [4.69, 9.17) is 25.9 Å². The molecule has 5 nitrogen and oxygen atoms in total. The number of halogens is 1. The topological polar surface area (TPSA) is 72.6 Å². The van der Waals surface area contributed by atoms with E-state index in [2.05, 4.69) is 31.2 Å². The lowest BCUT2D eigenvalue weighted by Gasteiger charge is -2.02. The fourth-order valence-corrected chi connectivity index (χ4v) is 2.22. The molecule has 26 heavy (non-hydrogen) atoms. The number of aromatic nitrogens is 1. The van der Waals surface area contributed by atoms with Gasteiger partial charge in [0.15, 0.2) is 5.58 Å². The summed E-state index contributed by atoms with van der Waals surface area (Å²) in [6, 6.07) is 9.67. The van der Waals surface area contributed by atoms with Gasteiger partial charge in [0, 0.05) is 8.07 Å². The quantitative estimate of drug-likeness (QED) is 0.570. The first-order chi connectivity index (χ1) is 12.1. The predicted molar refractivity (Wildman–Crippen MR) is 107 cm³/mol. The summed E-state index contributed by atoms with van der Waals surface area (Å²) in [6.45, 7) is 9.31. The molecule has 0 bridgehead atoms. The van der Waals surface area contributed by atoms with Crippen LogP contribution in [0.15, 0.2) is 40.8 Å². The Hall–Kier alpha value is -2.31. The summed E-state index contributed by atoms with van der Waals surface area (Å²) >= 11 is 6.18. The van der Waals surface area contributed by atoms with Crippen LogP contribution in [0.1, 0.15) is 10.4 Å². The predicted octanol–water partition coefficient (Wildman–Crippen LogP) is 5.81. The van der Waals surface area contributed by atoms with Crippen molar-refractivity contribution in [2.45, 2.75) is 26.2 Å². The molecular weight excluding hydrogens is 370 g/mol. The zero-order valence-electron chi connectivity index (χ0n) is 15.5. The molecule has 138 valence electrons. The van der Waals surface area contributed by atoms with Gasteiger partial charge in [-0.15, -0.1) is 0 Å². The molecule has 0 radical (unpaired) electrons. The number of fused-ring (bicyclic) bond motifs is 1. The lowest BCUT2D eigenvalue weighted by Crippen LogP contribution is -2.10. The number of hydrogen-bond acceptors (Lipinski definition) is 4. The van der Waals surface area contributed by atoms with Gasteiger partial charge < -0.3 is 14.3 Å². The van der Waals surface area contributed by atoms with Crippen LogP contribution < -0.4 is 4.74 Å². The molecule has 1 N–H and O–H groups in total. The SMILES string of the molecule is COc1ccc(-c2nc3ccc(C(=O)O)cc3o2)c(Cl)c1.C[Si](C)(C)C. The smallest absolute Gasteiger partial charge is 0.335 e. The molecule has 0 aliphatic carbocycles. The van der Waals surface area contributed by atoms with E-state index < -0.39 is 14.0 Å². The molecule has 1 heterocycles. The van der Waals surface area contributed by atoms with Gasteiger partial charge in [-0.2, -0.15) is 0 Å². The Kier molecular flexibility index (Phi) is 6.10. The maximum absolute atomic E-state index is 10.9. The van der Waals surface area contributed by atoms with E-state index in [1.807, 2.05) is 0 Å². The van der Waals surface area contributed by atoms with Crippen LogP contribution in [-0.2, 0) is 0 Å². The van der Waals surface area contributed by atoms with Crippen molar-refractivity contribution in [2.24, 2.45) is 0 Å². The summed E-state index contributed by atoms with van der Waals surface area (Å²) < 4.78 is 10.7. The first kappa shape index (κ1) is 20.0. The molecule has 7 heteroatoms. The van der Waals surface area contributed by atoms with E-state index >= 15 is 0 Å². The number of aromatic carboxylic acids is 1. The molecule has 1 aromatic heterocycles. The summed E-state index contributed by atoms with van der Waals surface area (Å²) in [6.07, 6.45) is 0. The Morgan fingerprint density at radius 2 is 1.81 bits per heavy atom. The second kappa shape index (κ2) is 7.93. The Morgan fingerprint density at radius 1 is 1.15 bits per heavy atom.